The molecule has 0 spiro atoms. The molecule has 6 nitrogen and oxygen atoms in total. The maximum absolute atomic E-state index is 6.04. The molecule has 0 aliphatic carbocycles. The zero-order chi connectivity index (χ0) is 23.7. The number of thioether (sulfide) groups is 1. The van der Waals surface area contributed by atoms with E-state index in [-0.39, 0.29) is 25.8 Å². The van der Waals surface area contributed by atoms with Crippen LogP contribution in [0.4, 0.5) is 0 Å². The number of methoxy groups -OCH3 is 2. The lowest BCUT2D eigenvalue weighted by molar-refractivity contribution is -0.0938. The van der Waals surface area contributed by atoms with Crippen molar-refractivity contribution in [1.29, 1.82) is 0 Å². The van der Waals surface area contributed by atoms with Gasteiger partial charge < -0.3 is 28.4 Å². The summed E-state index contributed by atoms with van der Waals surface area (Å²) in [4.78, 5) is 0. The van der Waals surface area contributed by atoms with Gasteiger partial charge >= 0.3 is 0 Å². The predicted octanol–water partition coefficient (Wildman–Crippen LogP) is 6.00. The summed E-state index contributed by atoms with van der Waals surface area (Å²) in [6.07, 6.45) is -0.205. The zero-order valence-corrected chi connectivity index (χ0v) is 23.0. The first-order valence-electron chi connectivity index (χ1n) is 10.6. The Bertz CT molecular complexity index is 684. The first-order valence-corrected chi connectivity index (χ1v) is 13.3. The molecule has 2 atom stereocenters. The van der Waals surface area contributed by atoms with Gasteiger partial charge in [-0.05, 0) is 35.4 Å². The predicted molar refractivity (Wildman–Crippen MR) is 139 cm³/mol. The largest absolute Gasteiger partial charge is 0.382 e. The number of rotatable bonds is 18. The lowest BCUT2D eigenvalue weighted by Gasteiger charge is -2.21. The fourth-order valence-corrected chi connectivity index (χ4v) is 4.45. The van der Waals surface area contributed by atoms with Crippen molar-refractivity contribution in [3.63, 3.8) is 0 Å². The Hall–Kier alpha value is -0.490. The van der Waals surface area contributed by atoms with Crippen molar-refractivity contribution in [2.45, 2.75) is 12.2 Å². The van der Waals surface area contributed by atoms with Gasteiger partial charge in [-0.15, -0.1) is 0 Å². The van der Waals surface area contributed by atoms with Crippen LogP contribution in [0.2, 0.25) is 0 Å². The van der Waals surface area contributed by atoms with Crippen molar-refractivity contribution in [3.8, 4) is 0 Å². The summed E-state index contributed by atoms with van der Waals surface area (Å²) in [5, 5.41) is 0. The maximum atomic E-state index is 6.04. The lowest BCUT2D eigenvalue weighted by Crippen LogP contribution is -2.15. The molecule has 9 heteroatoms. The molecular weight excluding hydrogens is 576 g/mol. The summed E-state index contributed by atoms with van der Waals surface area (Å²) < 4.78 is 35.2. The molecule has 0 aliphatic heterocycles. The molecular formula is C24H32Br2O6S. The van der Waals surface area contributed by atoms with Crippen LogP contribution < -0.4 is 0 Å². The molecule has 0 radical (unpaired) electrons. The van der Waals surface area contributed by atoms with Crippen LogP contribution in [0.25, 0.3) is 0 Å². The van der Waals surface area contributed by atoms with Crippen LogP contribution in [0.5, 0.6) is 0 Å². The van der Waals surface area contributed by atoms with E-state index in [9.17, 15) is 0 Å². The Kier molecular flexibility index (Phi) is 15.6. The first kappa shape index (κ1) is 28.7. The third-order valence-corrected chi connectivity index (χ3v) is 6.72. The van der Waals surface area contributed by atoms with Crippen LogP contribution in [-0.4, -0.2) is 65.7 Å². The van der Waals surface area contributed by atoms with Crippen LogP contribution >= 0.6 is 43.6 Å². The Balaban J connectivity index is 1.94. The molecule has 2 aromatic carbocycles. The van der Waals surface area contributed by atoms with E-state index in [1.165, 1.54) is 0 Å². The van der Waals surface area contributed by atoms with Crippen LogP contribution in [0.3, 0.4) is 0 Å². The second-order valence-corrected chi connectivity index (χ2v) is 9.90. The van der Waals surface area contributed by atoms with E-state index in [2.05, 4.69) is 56.1 Å². The normalized spacial score (nSPS) is 13.2. The molecule has 2 rings (SSSR count). The van der Waals surface area contributed by atoms with Crippen molar-refractivity contribution < 1.29 is 28.4 Å². The number of hydrogen-bond donors (Lipinski definition) is 0. The number of halogens is 2. The van der Waals surface area contributed by atoms with E-state index in [1.54, 1.807) is 26.0 Å². The average Bonchev–Trinajstić information content (AvgIpc) is 2.82. The molecule has 0 amide bonds. The highest BCUT2D eigenvalue weighted by molar-refractivity contribution is 9.10. The van der Waals surface area contributed by atoms with Gasteiger partial charge in [0, 0.05) is 34.7 Å². The molecule has 33 heavy (non-hydrogen) atoms. The summed E-state index contributed by atoms with van der Waals surface area (Å²) in [6, 6.07) is 16.3. The van der Waals surface area contributed by atoms with Gasteiger partial charge in [-0.1, -0.05) is 56.1 Å². The highest BCUT2D eigenvalue weighted by Gasteiger charge is 2.17. The van der Waals surface area contributed by atoms with Crippen LogP contribution in [0.15, 0.2) is 57.5 Å². The van der Waals surface area contributed by atoms with E-state index in [0.717, 1.165) is 31.6 Å². The fourth-order valence-electron chi connectivity index (χ4n) is 2.78. The second kappa shape index (κ2) is 17.9. The molecule has 2 aromatic rings. The topological polar surface area (TPSA) is 55.4 Å². The number of benzene rings is 2. The second-order valence-electron chi connectivity index (χ2n) is 6.99. The standard InChI is InChI=1S/C24H32Br2O6S/c1-27-11-13-29-17-31-23(19-3-7-21(25)8-4-19)15-33-16-24(32-18-30-14-12-28-2)20-5-9-22(26)10-6-20/h3-10,23-24H,11-18H2,1-2H3. The SMILES string of the molecule is COCCOCOC(CSCC(OCOCCOC)c1ccc(Br)cc1)c1ccc(Br)cc1. The van der Waals surface area contributed by atoms with E-state index in [0.29, 0.717) is 26.4 Å². The minimum atomic E-state index is -0.103. The van der Waals surface area contributed by atoms with Gasteiger partial charge in [0.1, 0.15) is 13.6 Å². The van der Waals surface area contributed by atoms with Crippen molar-refractivity contribution in [3.05, 3.63) is 68.6 Å². The van der Waals surface area contributed by atoms with E-state index in [4.69, 9.17) is 28.4 Å². The highest BCUT2D eigenvalue weighted by atomic mass is 79.9. The van der Waals surface area contributed by atoms with Gasteiger partial charge in [-0.3, -0.25) is 0 Å². The summed E-state index contributed by atoms with van der Waals surface area (Å²) in [7, 11) is 3.30. The maximum Gasteiger partial charge on any atom is 0.147 e. The third-order valence-electron chi connectivity index (χ3n) is 4.59. The first-order chi connectivity index (χ1) is 16.1. The van der Waals surface area contributed by atoms with Gasteiger partial charge in [0.15, 0.2) is 0 Å². The molecule has 2 unspecified atom stereocenters. The minimum Gasteiger partial charge on any atom is -0.382 e. The monoisotopic (exact) mass is 606 g/mol. The van der Waals surface area contributed by atoms with Gasteiger partial charge in [-0.25, -0.2) is 0 Å². The quantitative estimate of drug-likeness (QED) is 0.152. The van der Waals surface area contributed by atoms with E-state index < -0.39 is 0 Å². The lowest BCUT2D eigenvalue weighted by atomic mass is 10.1. The molecule has 0 aliphatic rings. The Morgan fingerprint density at radius 1 is 0.636 bits per heavy atom. The molecule has 0 N–H and O–H groups in total. The van der Waals surface area contributed by atoms with Crippen molar-refractivity contribution in [2.75, 3.05) is 65.7 Å². The Morgan fingerprint density at radius 3 is 1.39 bits per heavy atom. The van der Waals surface area contributed by atoms with Crippen molar-refractivity contribution in [2.24, 2.45) is 0 Å². The molecule has 0 bridgehead atoms. The van der Waals surface area contributed by atoms with Crippen LogP contribution in [0.1, 0.15) is 23.3 Å². The number of hydrogen-bond acceptors (Lipinski definition) is 7. The van der Waals surface area contributed by atoms with Crippen molar-refractivity contribution >= 4 is 43.6 Å². The zero-order valence-electron chi connectivity index (χ0n) is 19.0. The molecule has 0 saturated carbocycles. The van der Waals surface area contributed by atoms with Crippen molar-refractivity contribution in [1.82, 2.24) is 0 Å². The smallest absolute Gasteiger partial charge is 0.147 e. The molecule has 184 valence electrons. The summed E-state index contributed by atoms with van der Waals surface area (Å²) >= 11 is 8.76. The van der Waals surface area contributed by atoms with Gasteiger partial charge in [0.25, 0.3) is 0 Å². The molecule has 0 fully saturated rings. The van der Waals surface area contributed by atoms with Gasteiger partial charge in [-0.2, -0.15) is 11.8 Å². The highest BCUT2D eigenvalue weighted by Crippen LogP contribution is 2.29. The third kappa shape index (κ3) is 12.2. The summed E-state index contributed by atoms with van der Waals surface area (Å²) in [5.74, 6) is 1.52. The van der Waals surface area contributed by atoms with E-state index >= 15 is 0 Å². The van der Waals surface area contributed by atoms with Gasteiger partial charge in [0.05, 0.1) is 38.6 Å². The molecule has 0 heterocycles. The molecule has 0 saturated heterocycles. The summed E-state index contributed by atoms with van der Waals surface area (Å²) in [6.45, 7) is 2.51. The minimum absolute atomic E-state index is 0.103. The molecule has 0 aromatic heterocycles. The Morgan fingerprint density at radius 2 is 1.03 bits per heavy atom. The van der Waals surface area contributed by atoms with Crippen LogP contribution in [0, 0.1) is 0 Å². The summed E-state index contributed by atoms with van der Waals surface area (Å²) in [5.41, 5.74) is 2.20. The average molecular weight is 608 g/mol. The fraction of sp³-hybridized carbons (Fsp3) is 0.500. The Labute approximate surface area is 217 Å². The van der Waals surface area contributed by atoms with Crippen LogP contribution in [-0.2, 0) is 28.4 Å². The van der Waals surface area contributed by atoms with Gasteiger partial charge in [0.2, 0.25) is 0 Å². The van der Waals surface area contributed by atoms with E-state index in [1.807, 2.05) is 24.3 Å². The number of ether oxygens (including phenoxy) is 6.